The Morgan fingerprint density at radius 3 is 2.57 bits per heavy atom. The van der Waals surface area contributed by atoms with Crippen molar-refractivity contribution in [3.8, 4) is 0 Å². The molecule has 11 heteroatoms. The van der Waals surface area contributed by atoms with Gasteiger partial charge < -0.3 is 29.5 Å². The first-order chi connectivity index (χ1) is 14.5. The Balaban J connectivity index is 1.47. The van der Waals surface area contributed by atoms with E-state index in [-0.39, 0.29) is 11.8 Å². The number of benzene rings is 1. The number of aromatic nitrogens is 4. The smallest absolute Gasteiger partial charge is 0.184 e. The Hall–Kier alpha value is -2.18. The number of aliphatic hydroxyl groups is 3. The van der Waals surface area contributed by atoms with Crippen molar-refractivity contribution >= 4 is 22.8 Å². The fourth-order valence-electron chi connectivity index (χ4n) is 3.81. The number of rotatable bonds is 2. The van der Waals surface area contributed by atoms with Gasteiger partial charge in [-0.15, -0.1) is 0 Å². The average Bonchev–Trinajstić information content (AvgIpc) is 3.18. The van der Waals surface area contributed by atoms with Crippen molar-refractivity contribution < 1.29 is 29.5 Å². The molecule has 2 aliphatic rings. The third kappa shape index (κ3) is 3.26. The maximum Gasteiger partial charge on any atom is 0.184 e. The number of nitrogens with zero attached hydrogens (tertiary/aromatic N) is 4. The zero-order chi connectivity index (χ0) is 20.8. The summed E-state index contributed by atoms with van der Waals surface area (Å²) >= 11 is 6.06. The Morgan fingerprint density at radius 2 is 1.77 bits per heavy atom. The molecule has 2 saturated heterocycles. The fourth-order valence-corrected chi connectivity index (χ4v) is 3.99. The van der Waals surface area contributed by atoms with Gasteiger partial charge in [0.05, 0.1) is 12.9 Å². The van der Waals surface area contributed by atoms with Gasteiger partial charge in [0.2, 0.25) is 0 Å². The third-order valence-electron chi connectivity index (χ3n) is 5.36. The topological polar surface area (TPSA) is 132 Å². The van der Waals surface area contributed by atoms with E-state index in [9.17, 15) is 15.3 Å². The van der Waals surface area contributed by atoms with Crippen LogP contribution in [0.3, 0.4) is 0 Å². The summed E-state index contributed by atoms with van der Waals surface area (Å²) in [5.41, 5.74) is 1.41. The normalized spacial score (nSPS) is 34.5. The van der Waals surface area contributed by atoms with Crippen LogP contribution < -0.4 is 0 Å². The summed E-state index contributed by atoms with van der Waals surface area (Å²) in [7, 11) is 0. The van der Waals surface area contributed by atoms with Gasteiger partial charge in [-0.1, -0.05) is 41.9 Å². The molecule has 1 aromatic carbocycles. The molecule has 0 aliphatic carbocycles. The lowest BCUT2D eigenvalue weighted by Gasteiger charge is -2.38. The molecule has 0 saturated carbocycles. The summed E-state index contributed by atoms with van der Waals surface area (Å²) in [6, 6.07) is 9.24. The summed E-state index contributed by atoms with van der Waals surface area (Å²) in [5, 5.41) is 32.3. The van der Waals surface area contributed by atoms with Crippen LogP contribution in [0.4, 0.5) is 0 Å². The summed E-state index contributed by atoms with van der Waals surface area (Å²) < 4.78 is 19.2. The van der Waals surface area contributed by atoms with Crippen LogP contribution in [-0.4, -0.2) is 72.0 Å². The minimum Gasteiger partial charge on any atom is -0.387 e. The maximum atomic E-state index is 10.8. The van der Waals surface area contributed by atoms with E-state index in [0.29, 0.717) is 11.2 Å². The lowest BCUT2D eigenvalue weighted by molar-refractivity contribution is -0.290. The highest BCUT2D eigenvalue weighted by Gasteiger charge is 2.49. The summed E-state index contributed by atoms with van der Waals surface area (Å²) in [6.45, 7) is 0.0829. The van der Waals surface area contributed by atoms with Crippen molar-refractivity contribution in [3.05, 3.63) is 53.7 Å². The molecule has 0 radical (unpaired) electrons. The van der Waals surface area contributed by atoms with Crippen molar-refractivity contribution in [2.24, 2.45) is 0 Å². The van der Waals surface area contributed by atoms with E-state index in [1.807, 2.05) is 30.3 Å². The van der Waals surface area contributed by atoms with Gasteiger partial charge in [-0.2, -0.15) is 0 Å². The molecule has 0 bridgehead atoms. The highest BCUT2D eigenvalue weighted by atomic mass is 35.5. The standard InChI is InChI=1S/C19H19ClN4O6/c20-16-11-17(22-7-21-16)24(8-23-11)18-14(27)12(25)13(26)15-10(29-18)6-28-19(30-15)9-4-2-1-3-5-9/h1-5,7-8,10,12-15,18-19,25-27H,6H2/t10-,12-,13-,14-,15-,18-,19?/m1/s1. The van der Waals surface area contributed by atoms with Crippen LogP contribution in [0.2, 0.25) is 5.15 Å². The van der Waals surface area contributed by atoms with Gasteiger partial charge in [-0.05, 0) is 0 Å². The highest BCUT2D eigenvalue weighted by molar-refractivity contribution is 6.33. The van der Waals surface area contributed by atoms with Crippen LogP contribution in [0.5, 0.6) is 0 Å². The van der Waals surface area contributed by atoms with Crippen molar-refractivity contribution in [2.75, 3.05) is 6.61 Å². The number of hydrogen-bond donors (Lipinski definition) is 3. The van der Waals surface area contributed by atoms with Crippen molar-refractivity contribution in [1.82, 2.24) is 19.5 Å². The van der Waals surface area contributed by atoms with Crippen LogP contribution in [-0.2, 0) is 14.2 Å². The Morgan fingerprint density at radius 1 is 0.967 bits per heavy atom. The predicted molar refractivity (Wildman–Crippen MR) is 102 cm³/mol. The fraction of sp³-hybridized carbons (Fsp3) is 0.421. The van der Waals surface area contributed by atoms with Crippen LogP contribution in [0.25, 0.3) is 11.2 Å². The van der Waals surface area contributed by atoms with Crippen molar-refractivity contribution in [1.29, 1.82) is 0 Å². The second-order valence-corrected chi connectivity index (χ2v) is 7.56. The van der Waals surface area contributed by atoms with Crippen LogP contribution >= 0.6 is 11.6 Å². The number of fused-ring (bicyclic) bond motifs is 2. The van der Waals surface area contributed by atoms with Gasteiger partial charge in [0, 0.05) is 5.56 Å². The molecular weight excluding hydrogens is 416 g/mol. The molecule has 3 N–H and O–H groups in total. The van der Waals surface area contributed by atoms with Gasteiger partial charge >= 0.3 is 0 Å². The molecule has 7 atom stereocenters. The molecule has 5 rings (SSSR count). The van der Waals surface area contributed by atoms with Crippen molar-refractivity contribution in [3.63, 3.8) is 0 Å². The van der Waals surface area contributed by atoms with Crippen LogP contribution in [0.15, 0.2) is 43.0 Å². The molecule has 0 spiro atoms. The predicted octanol–water partition coefficient (Wildman–Crippen LogP) is 0.574. The summed E-state index contributed by atoms with van der Waals surface area (Å²) in [5.74, 6) is 0. The Kier molecular flexibility index (Phi) is 5.15. The molecule has 30 heavy (non-hydrogen) atoms. The molecule has 2 aliphatic heterocycles. The summed E-state index contributed by atoms with van der Waals surface area (Å²) in [4.78, 5) is 12.2. The molecule has 4 heterocycles. The zero-order valence-corrected chi connectivity index (χ0v) is 16.3. The largest absolute Gasteiger partial charge is 0.387 e. The molecule has 0 amide bonds. The molecule has 3 aromatic rings. The third-order valence-corrected chi connectivity index (χ3v) is 5.64. The number of imidazole rings is 1. The minimum absolute atomic E-state index is 0.0829. The Bertz CT molecular complexity index is 1040. The van der Waals surface area contributed by atoms with E-state index in [1.54, 1.807) is 0 Å². The lowest BCUT2D eigenvalue weighted by Crippen LogP contribution is -2.51. The molecule has 10 nitrogen and oxygen atoms in total. The minimum atomic E-state index is -1.55. The van der Waals surface area contributed by atoms with Crippen LogP contribution in [0.1, 0.15) is 18.1 Å². The molecular formula is C19H19ClN4O6. The van der Waals surface area contributed by atoms with E-state index in [0.717, 1.165) is 5.56 Å². The molecule has 1 unspecified atom stereocenters. The number of aliphatic hydroxyl groups excluding tert-OH is 3. The van der Waals surface area contributed by atoms with E-state index >= 15 is 0 Å². The first-order valence-corrected chi connectivity index (χ1v) is 9.77. The first-order valence-electron chi connectivity index (χ1n) is 9.39. The quantitative estimate of drug-likeness (QED) is 0.495. The second-order valence-electron chi connectivity index (χ2n) is 7.20. The van der Waals surface area contributed by atoms with Gasteiger partial charge in [0.15, 0.2) is 23.3 Å². The second kappa shape index (κ2) is 7.82. The van der Waals surface area contributed by atoms with Gasteiger partial charge in [-0.3, -0.25) is 4.57 Å². The number of hydrogen-bond acceptors (Lipinski definition) is 9. The van der Waals surface area contributed by atoms with Crippen LogP contribution in [0, 0.1) is 0 Å². The van der Waals surface area contributed by atoms with E-state index < -0.39 is 43.0 Å². The lowest BCUT2D eigenvalue weighted by atomic mass is 9.99. The van der Waals surface area contributed by atoms with Gasteiger partial charge in [0.25, 0.3) is 0 Å². The van der Waals surface area contributed by atoms with Gasteiger partial charge in [0.1, 0.15) is 42.4 Å². The molecule has 2 aromatic heterocycles. The van der Waals surface area contributed by atoms with E-state index in [2.05, 4.69) is 15.0 Å². The SMILES string of the molecule is O[C@@H]1[C@@H](O)[C@@H]2OC(c3ccccc3)OC[C@H]2O[C@@H](n2cnc3c(Cl)ncnc32)[C@@H]1O. The molecule has 2 fully saturated rings. The average molecular weight is 435 g/mol. The first kappa shape index (κ1) is 19.8. The zero-order valence-electron chi connectivity index (χ0n) is 15.5. The monoisotopic (exact) mass is 434 g/mol. The number of ether oxygens (including phenoxy) is 3. The Labute approximate surface area is 175 Å². The van der Waals surface area contributed by atoms with Gasteiger partial charge in [-0.25, -0.2) is 15.0 Å². The highest BCUT2D eigenvalue weighted by Crippen LogP contribution is 2.37. The maximum absolute atomic E-state index is 10.8. The van der Waals surface area contributed by atoms with E-state index in [4.69, 9.17) is 25.8 Å². The number of halogens is 1. The summed E-state index contributed by atoms with van der Waals surface area (Å²) in [6.07, 6.45) is -5.32. The van der Waals surface area contributed by atoms with E-state index in [1.165, 1.54) is 17.2 Å². The molecule has 158 valence electrons. The van der Waals surface area contributed by atoms with Crippen molar-refractivity contribution in [2.45, 2.75) is 43.0 Å².